The lowest BCUT2D eigenvalue weighted by atomic mass is 10.3. The molecule has 0 radical (unpaired) electrons. The summed E-state index contributed by atoms with van der Waals surface area (Å²) < 4.78 is 1.68. The van der Waals surface area contributed by atoms with E-state index < -0.39 is 0 Å². The number of benzene rings is 1. The predicted octanol–water partition coefficient (Wildman–Crippen LogP) is 2.23. The molecule has 0 atom stereocenters. The highest BCUT2D eigenvalue weighted by Gasteiger charge is 2.05. The maximum absolute atomic E-state index is 11.6. The first-order chi connectivity index (χ1) is 7.58. The van der Waals surface area contributed by atoms with Crippen molar-refractivity contribution in [2.75, 3.05) is 5.73 Å². The Morgan fingerprint density at radius 3 is 2.56 bits per heavy atom. The van der Waals surface area contributed by atoms with Gasteiger partial charge in [0.25, 0.3) is 5.56 Å². The van der Waals surface area contributed by atoms with Crippen LogP contribution in [0.2, 0.25) is 5.02 Å². The molecule has 6 heteroatoms. The fourth-order valence-electron chi connectivity index (χ4n) is 1.22. The van der Waals surface area contributed by atoms with E-state index >= 15 is 0 Å². The zero-order valence-corrected chi connectivity index (χ0v) is 10.4. The van der Waals surface area contributed by atoms with Crippen LogP contribution < -0.4 is 11.3 Å². The van der Waals surface area contributed by atoms with Crippen molar-refractivity contribution in [2.45, 2.75) is 0 Å². The Morgan fingerprint density at radius 1 is 1.31 bits per heavy atom. The van der Waals surface area contributed by atoms with Crippen LogP contribution in [0.25, 0.3) is 5.69 Å². The average molecular weight is 301 g/mol. The Hall–Kier alpha value is -1.33. The molecule has 0 saturated heterocycles. The first kappa shape index (κ1) is 11.2. The van der Waals surface area contributed by atoms with Crippen molar-refractivity contribution in [3.05, 3.63) is 50.3 Å². The van der Waals surface area contributed by atoms with Crippen molar-refractivity contribution in [2.24, 2.45) is 0 Å². The molecule has 0 aliphatic carbocycles. The fraction of sp³-hybridized carbons (Fsp3) is 0. The zero-order valence-electron chi connectivity index (χ0n) is 8.02. The molecule has 0 amide bonds. The van der Waals surface area contributed by atoms with Gasteiger partial charge in [0.05, 0.1) is 11.4 Å². The lowest BCUT2D eigenvalue weighted by Gasteiger charge is -2.05. The number of anilines is 1. The van der Waals surface area contributed by atoms with Gasteiger partial charge in [-0.1, -0.05) is 11.6 Å². The highest BCUT2D eigenvalue weighted by Crippen LogP contribution is 2.15. The summed E-state index contributed by atoms with van der Waals surface area (Å²) in [5.74, 6) is 0. The molecular formula is C10H7BrClN3O. The van der Waals surface area contributed by atoms with Crippen molar-refractivity contribution in [3.63, 3.8) is 0 Å². The third kappa shape index (κ3) is 2.10. The number of rotatable bonds is 1. The molecule has 0 unspecified atom stereocenters. The number of aromatic nitrogens is 2. The molecule has 2 aromatic rings. The van der Waals surface area contributed by atoms with Crippen LogP contribution in [-0.4, -0.2) is 9.78 Å². The monoisotopic (exact) mass is 299 g/mol. The Morgan fingerprint density at radius 2 is 1.94 bits per heavy atom. The summed E-state index contributed by atoms with van der Waals surface area (Å²) in [6, 6.07) is 8.11. The number of hydrogen-bond acceptors (Lipinski definition) is 3. The smallest absolute Gasteiger partial charge is 0.273 e. The van der Waals surface area contributed by atoms with Crippen molar-refractivity contribution >= 4 is 33.2 Å². The summed E-state index contributed by atoms with van der Waals surface area (Å²) in [4.78, 5) is 11.6. The van der Waals surface area contributed by atoms with Crippen LogP contribution in [-0.2, 0) is 0 Å². The summed E-state index contributed by atoms with van der Waals surface area (Å²) in [6.45, 7) is 0. The first-order valence-corrected chi connectivity index (χ1v) is 5.56. The summed E-state index contributed by atoms with van der Waals surface area (Å²) in [5.41, 5.74) is 6.21. The molecule has 2 N–H and O–H groups in total. The molecule has 82 valence electrons. The van der Waals surface area contributed by atoms with Crippen molar-refractivity contribution in [3.8, 4) is 5.69 Å². The summed E-state index contributed by atoms with van der Waals surface area (Å²) >= 11 is 8.93. The summed E-state index contributed by atoms with van der Waals surface area (Å²) in [5, 5.41) is 4.63. The second-order valence-corrected chi connectivity index (χ2v) is 4.30. The summed E-state index contributed by atoms with van der Waals surface area (Å²) in [7, 11) is 0. The Labute approximate surface area is 105 Å². The Kier molecular flexibility index (Phi) is 2.98. The summed E-state index contributed by atoms with van der Waals surface area (Å²) in [6.07, 6.45) is 0. The van der Waals surface area contributed by atoms with Crippen LogP contribution in [0, 0.1) is 0 Å². The van der Waals surface area contributed by atoms with Crippen LogP contribution in [0.15, 0.2) is 39.7 Å². The molecule has 0 spiro atoms. The van der Waals surface area contributed by atoms with E-state index in [9.17, 15) is 4.79 Å². The van der Waals surface area contributed by atoms with Crippen molar-refractivity contribution in [1.29, 1.82) is 0 Å². The molecule has 1 heterocycles. The topological polar surface area (TPSA) is 60.9 Å². The minimum atomic E-state index is -0.289. The average Bonchev–Trinajstić information content (AvgIpc) is 2.25. The molecule has 16 heavy (non-hydrogen) atoms. The first-order valence-electron chi connectivity index (χ1n) is 4.39. The maximum Gasteiger partial charge on any atom is 0.273 e. The van der Waals surface area contributed by atoms with Crippen LogP contribution in [0.3, 0.4) is 0 Å². The van der Waals surface area contributed by atoms with Crippen LogP contribution in [0.4, 0.5) is 5.69 Å². The van der Waals surface area contributed by atoms with Crippen LogP contribution in [0.5, 0.6) is 0 Å². The van der Waals surface area contributed by atoms with E-state index in [0.717, 1.165) is 0 Å². The van der Waals surface area contributed by atoms with E-state index in [2.05, 4.69) is 21.0 Å². The van der Waals surface area contributed by atoms with Crippen LogP contribution >= 0.6 is 27.5 Å². The van der Waals surface area contributed by atoms with Gasteiger partial charge >= 0.3 is 0 Å². The van der Waals surface area contributed by atoms with Crippen molar-refractivity contribution < 1.29 is 0 Å². The third-order valence-electron chi connectivity index (χ3n) is 1.98. The van der Waals surface area contributed by atoms with Gasteiger partial charge in [0.1, 0.15) is 4.60 Å². The third-order valence-corrected chi connectivity index (χ3v) is 2.85. The number of halogens is 2. The minimum Gasteiger partial charge on any atom is -0.396 e. The highest BCUT2D eigenvalue weighted by atomic mass is 79.9. The van der Waals surface area contributed by atoms with E-state index in [0.29, 0.717) is 21.0 Å². The Balaban J connectivity index is 2.60. The molecule has 2 rings (SSSR count). The van der Waals surface area contributed by atoms with E-state index in [1.807, 2.05) is 0 Å². The van der Waals surface area contributed by atoms with Crippen LogP contribution in [0.1, 0.15) is 0 Å². The highest BCUT2D eigenvalue weighted by molar-refractivity contribution is 9.10. The van der Waals surface area contributed by atoms with E-state index in [1.54, 1.807) is 24.3 Å². The largest absolute Gasteiger partial charge is 0.396 e. The quantitative estimate of drug-likeness (QED) is 0.878. The maximum atomic E-state index is 11.6. The number of nitrogens with two attached hydrogens (primary N) is 1. The lowest BCUT2D eigenvalue weighted by Crippen LogP contribution is -2.21. The molecule has 0 aliphatic rings. The van der Waals surface area contributed by atoms with E-state index in [-0.39, 0.29) is 5.56 Å². The number of hydrogen-bond donors (Lipinski definition) is 1. The minimum absolute atomic E-state index is 0.289. The molecular weight excluding hydrogens is 293 g/mol. The van der Waals surface area contributed by atoms with Crippen molar-refractivity contribution in [1.82, 2.24) is 9.78 Å². The van der Waals surface area contributed by atoms with Gasteiger partial charge in [-0.05, 0) is 40.2 Å². The van der Waals surface area contributed by atoms with E-state index in [4.69, 9.17) is 17.3 Å². The van der Waals surface area contributed by atoms with Gasteiger partial charge < -0.3 is 5.73 Å². The van der Waals surface area contributed by atoms with Gasteiger partial charge in [0, 0.05) is 11.1 Å². The van der Waals surface area contributed by atoms with Gasteiger partial charge in [-0.15, -0.1) is 0 Å². The molecule has 4 nitrogen and oxygen atoms in total. The SMILES string of the molecule is Nc1cc(=O)n(-c2ccc(Cl)cc2)nc1Br. The van der Waals surface area contributed by atoms with E-state index in [1.165, 1.54) is 10.7 Å². The molecule has 0 fully saturated rings. The molecule has 1 aromatic carbocycles. The zero-order chi connectivity index (χ0) is 11.7. The molecule has 0 saturated carbocycles. The second-order valence-electron chi connectivity index (χ2n) is 3.12. The fourth-order valence-corrected chi connectivity index (χ4v) is 1.61. The Bertz CT molecular complexity index is 580. The molecule has 1 aromatic heterocycles. The van der Waals surface area contributed by atoms with Gasteiger partial charge in [0.15, 0.2) is 0 Å². The lowest BCUT2D eigenvalue weighted by molar-refractivity contribution is 0.796. The van der Waals surface area contributed by atoms with Gasteiger partial charge in [-0.3, -0.25) is 4.79 Å². The van der Waals surface area contributed by atoms with Gasteiger partial charge in [-0.25, -0.2) is 0 Å². The number of nitrogens with zero attached hydrogens (tertiary/aromatic N) is 2. The standard InChI is InChI=1S/C10H7BrClN3O/c11-10-8(13)5-9(16)15(14-10)7-3-1-6(12)2-4-7/h1-5H,13H2. The predicted molar refractivity (Wildman–Crippen MR) is 67.0 cm³/mol. The van der Waals surface area contributed by atoms with Gasteiger partial charge in [-0.2, -0.15) is 9.78 Å². The molecule has 0 aliphatic heterocycles. The second kappa shape index (κ2) is 4.27. The van der Waals surface area contributed by atoms with Gasteiger partial charge in [0.2, 0.25) is 0 Å². The normalized spacial score (nSPS) is 10.4. The molecule has 0 bridgehead atoms. The number of nitrogen functional groups attached to an aromatic ring is 1.